The van der Waals surface area contributed by atoms with Crippen LogP contribution in [0.5, 0.6) is 0 Å². The Morgan fingerprint density at radius 2 is 1.56 bits per heavy atom. The summed E-state index contributed by atoms with van der Waals surface area (Å²) in [7, 11) is 0. The van der Waals surface area contributed by atoms with Crippen molar-refractivity contribution >= 4 is 32.4 Å². The van der Waals surface area contributed by atoms with Gasteiger partial charge in [0.1, 0.15) is 6.54 Å². The fourth-order valence-electron chi connectivity index (χ4n) is 7.49. The second kappa shape index (κ2) is 8.57. The molecule has 36 heavy (non-hydrogen) atoms. The largest absolute Gasteiger partial charge is 0.317 e. The van der Waals surface area contributed by atoms with Gasteiger partial charge < -0.3 is 4.48 Å². The van der Waals surface area contributed by atoms with Crippen LogP contribution in [0.2, 0.25) is 0 Å². The fraction of sp³-hybridized carbons (Fsp3) is 0.265. The zero-order chi connectivity index (χ0) is 24.1. The minimum Gasteiger partial charge on any atom is -0.317 e. The molecule has 2 bridgehead atoms. The molecule has 0 N–H and O–H groups in total. The molecule has 4 aromatic carbocycles. The van der Waals surface area contributed by atoms with Crippen molar-refractivity contribution in [2.24, 2.45) is 11.8 Å². The van der Waals surface area contributed by atoms with Gasteiger partial charge in [0.25, 0.3) is 0 Å². The van der Waals surface area contributed by atoms with Gasteiger partial charge in [0.2, 0.25) is 0 Å². The Morgan fingerprint density at radius 1 is 0.861 bits per heavy atom. The van der Waals surface area contributed by atoms with Crippen LogP contribution < -0.4 is 0 Å². The molecule has 0 spiro atoms. The van der Waals surface area contributed by atoms with Gasteiger partial charge in [0, 0.05) is 42.3 Å². The average molecular weight is 470 g/mol. The highest BCUT2D eigenvalue weighted by Gasteiger charge is 2.51. The number of fused-ring (bicyclic) bond motifs is 6. The van der Waals surface area contributed by atoms with Crippen LogP contribution in [-0.4, -0.2) is 28.6 Å². The van der Waals surface area contributed by atoms with Crippen molar-refractivity contribution < 1.29 is 4.48 Å². The van der Waals surface area contributed by atoms with E-state index in [2.05, 4.69) is 103 Å². The molecule has 3 aliphatic rings. The van der Waals surface area contributed by atoms with Gasteiger partial charge in [0.05, 0.1) is 24.6 Å². The highest BCUT2D eigenvalue weighted by molar-refractivity contribution is 6.02. The first-order chi connectivity index (χ1) is 17.7. The van der Waals surface area contributed by atoms with Gasteiger partial charge in [-0.25, -0.2) is 0 Å². The standard InChI is InChI=1S/C34H33N2/c1-2-24-22-36(23-33-30-11-5-3-9-26(30)19-27-10-4-6-12-31(27)33)18-16-25(24)20-29(36)21-28-15-17-35-34-14-8-7-13-32(28)34/h2-15,17,19,24-25,29H,1,16,18,20-23H2/q+1/t24-,25?,29-,36?/m0/s1. The minimum atomic E-state index is 0.614. The van der Waals surface area contributed by atoms with Crippen molar-refractivity contribution in [3.63, 3.8) is 0 Å². The van der Waals surface area contributed by atoms with Crippen molar-refractivity contribution in [3.8, 4) is 0 Å². The molecule has 3 saturated heterocycles. The summed E-state index contributed by atoms with van der Waals surface area (Å²) in [5, 5.41) is 6.86. The van der Waals surface area contributed by atoms with Gasteiger partial charge in [0.15, 0.2) is 0 Å². The summed E-state index contributed by atoms with van der Waals surface area (Å²) < 4.78 is 1.17. The minimum absolute atomic E-state index is 0.614. The third kappa shape index (κ3) is 3.47. The van der Waals surface area contributed by atoms with Crippen LogP contribution in [0.4, 0.5) is 0 Å². The third-order valence-electron chi connectivity index (χ3n) is 9.33. The summed E-state index contributed by atoms with van der Waals surface area (Å²) in [5.74, 6) is 1.38. The first-order valence-electron chi connectivity index (χ1n) is 13.4. The summed E-state index contributed by atoms with van der Waals surface area (Å²) in [6.07, 6.45) is 7.98. The number of nitrogens with zero attached hydrogens (tertiary/aromatic N) is 2. The lowest BCUT2D eigenvalue weighted by Crippen LogP contribution is -2.66. The van der Waals surface area contributed by atoms with E-state index in [1.54, 1.807) is 0 Å². The molecule has 3 aliphatic heterocycles. The molecule has 8 rings (SSSR count). The van der Waals surface area contributed by atoms with E-state index in [0.717, 1.165) is 24.4 Å². The molecule has 178 valence electrons. The maximum Gasteiger partial charge on any atom is 0.106 e. The molecule has 4 atom stereocenters. The third-order valence-corrected chi connectivity index (χ3v) is 9.33. The predicted molar refractivity (Wildman–Crippen MR) is 151 cm³/mol. The van der Waals surface area contributed by atoms with E-state index in [1.807, 2.05) is 6.20 Å². The summed E-state index contributed by atoms with van der Waals surface area (Å²) in [5.41, 5.74) is 4.09. The van der Waals surface area contributed by atoms with E-state index in [1.165, 1.54) is 68.5 Å². The number of piperidine rings is 3. The lowest BCUT2D eigenvalue weighted by molar-refractivity contribution is -0.980. The Kier molecular flexibility index (Phi) is 5.18. The fourth-order valence-corrected chi connectivity index (χ4v) is 7.49. The van der Waals surface area contributed by atoms with Gasteiger partial charge in [-0.05, 0) is 51.2 Å². The normalized spacial score (nSPS) is 25.5. The molecular weight excluding hydrogens is 436 g/mol. The quantitative estimate of drug-likeness (QED) is 0.146. The van der Waals surface area contributed by atoms with E-state index < -0.39 is 0 Å². The number of para-hydroxylation sites is 1. The molecule has 0 amide bonds. The maximum absolute atomic E-state index is 4.64. The molecule has 2 unspecified atom stereocenters. The van der Waals surface area contributed by atoms with Gasteiger partial charge in [-0.15, -0.1) is 6.58 Å². The van der Waals surface area contributed by atoms with E-state index in [-0.39, 0.29) is 0 Å². The summed E-state index contributed by atoms with van der Waals surface area (Å²) in [6, 6.07) is 31.9. The number of quaternary nitrogens is 1. The van der Waals surface area contributed by atoms with E-state index >= 15 is 0 Å². The van der Waals surface area contributed by atoms with Crippen molar-refractivity contribution in [1.29, 1.82) is 0 Å². The summed E-state index contributed by atoms with van der Waals surface area (Å²) in [6.45, 7) is 7.83. The smallest absolute Gasteiger partial charge is 0.106 e. The Morgan fingerprint density at radius 3 is 2.31 bits per heavy atom. The number of rotatable bonds is 5. The first-order valence-corrected chi connectivity index (χ1v) is 13.4. The average Bonchev–Trinajstić information content (AvgIpc) is 2.93. The van der Waals surface area contributed by atoms with Gasteiger partial charge in [-0.2, -0.15) is 0 Å². The van der Waals surface area contributed by atoms with Crippen LogP contribution in [-0.2, 0) is 13.0 Å². The Labute approximate surface area is 213 Å². The topological polar surface area (TPSA) is 12.9 Å². The number of aromatic nitrogens is 1. The van der Waals surface area contributed by atoms with Crippen molar-refractivity contribution in [2.45, 2.75) is 31.8 Å². The van der Waals surface area contributed by atoms with Crippen LogP contribution in [0.1, 0.15) is 24.0 Å². The SMILES string of the molecule is C=C[C@H]1C[N+]2(Cc3c4ccccc4cc4ccccc34)CCC1C[C@H]2Cc1ccnc2ccccc12. The van der Waals surface area contributed by atoms with Crippen LogP contribution in [0, 0.1) is 11.8 Å². The Hall–Kier alpha value is -3.49. The number of benzene rings is 4. The molecule has 2 nitrogen and oxygen atoms in total. The number of pyridine rings is 1. The Bertz CT molecular complexity index is 1540. The summed E-state index contributed by atoms with van der Waals surface area (Å²) >= 11 is 0. The lowest BCUT2D eigenvalue weighted by atomic mass is 9.71. The molecule has 5 aromatic rings. The molecule has 0 radical (unpaired) electrons. The van der Waals surface area contributed by atoms with Gasteiger partial charge in [-0.3, -0.25) is 4.98 Å². The van der Waals surface area contributed by atoms with E-state index in [9.17, 15) is 0 Å². The molecule has 1 aromatic heterocycles. The second-order valence-corrected chi connectivity index (χ2v) is 11.1. The monoisotopic (exact) mass is 469 g/mol. The number of hydrogen-bond acceptors (Lipinski definition) is 1. The second-order valence-electron chi connectivity index (χ2n) is 11.1. The van der Waals surface area contributed by atoms with Crippen LogP contribution in [0.15, 0.2) is 104 Å². The molecule has 4 heterocycles. The molecule has 3 fully saturated rings. The summed E-state index contributed by atoms with van der Waals surface area (Å²) in [4.78, 5) is 4.64. The van der Waals surface area contributed by atoms with Crippen molar-refractivity contribution in [3.05, 3.63) is 115 Å². The van der Waals surface area contributed by atoms with Crippen molar-refractivity contribution in [1.82, 2.24) is 4.98 Å². The lowest BCUT2D eigenvalue weighted by Gasteiger charge is -2.57. The molecule has 2 heteroatoms. The van der Waals surface area contributed by atoms with Crippen molar-refractivity contribution in [2.75, 3.05) is 13.1 Å². The van der Waals surface area contributed by atoms with E-state index in [4.69, 9.17) is 0 Å². The highest BCUT2D eigenvalue weighted by atomic mass is 15.4. The van der Waals surface area contributed by atoms with E-state index in [0.29, 0.717) is 12.0 Å². The maximum atomic E-state index is 4.64. The Balaban J connectivity index is 1.36. The van der Waals surface area contributed by atoms with Crippen LogP contribution in [0.25, 0.3) is 32.4 Å². The van der Waals surface area contributed by atoms with Gasteiger partial charge in [-0.1, -0.05) is 72.8 Å². The molecule has 0 aliphatic carbocycles. The predicted octanol–water partition coefficient (Wildman–Crippen LogP) is 7.70. The zero-order valence-corrected chi connectivity index (χ0v) is 20.8. The van der Waals surface area contributed by atoms with Crippen LogP contribution >= 0.6 is 0 Å². The number of hydrogen-bond donors (Lipinski definition) is 0. The van der Waals surface area contributed by atoms with Crippen LogP contribution in [0.3, 0.4) is 0 Å². The zero-order valence-electron chi connectivity index (χ0n) is 20.8. The molecular formula is C34H33N2+. The highest BCUT2D eigenvalue weighted by Crippen LogP contribution is 2.46. The molecule has 0 saturated carbocycles. The first kappa shape index (κ1) is 21.8. The van der Waals surface area contributed by atoms with Gasteiger partial charge >= 0.3 is 0 Å².